The molecule has 2 heterocycles. The third-order valence-electron chi connectivity index (χ3n) is 5.15. The molecule has 11 heteroatoms. The highest BCUT2D eigenvalue weighted by molar-refractivity contribution is 7.80. The van der Waals surface area contributed by atoms with Gasteiger partial charge >= 0.3 is 0 Å². The van der Waals surface area contributed by atoms with Crippen LogP contribution in [-0.2, 0) is 4.79 Å². The van der Waals surface area contributed by atoms with Gasteiger partial charge in [-0.05, 0) is 91.1 Å². The molecule has 2 aromatic heterocycles. The Labute approximate surface area is 225 Å². The SMILES string of the molecule is O=C(/C=C/c1ccc(-c2ccc(Cl)cc2Cl)o1)NC(=S)Nc1ccc2nn(-c3ccc(F)cc3)nc2c1. The highest BCUT2D eigenvalue weighted by Crippen LogP contribution is 2.31. The van der Waals surface area contributed by atoms with E-state index in [-0.39, 0.29) is 10.9 Å². The number of hydrogen-bond donors (Lipinski definition) is 2. The lowest BCUT2D eigenvalue weighted by Gasteiger charge is -2.07. The van der Waals surface area contributed by atoms with Crippen LogP contribution in [0.15, 0.2) is 83.3 Å². The fraction of sp³-hybridized carbons (Fsp3) is 0. The van der Waals surface area contributed by atoms with Gasteiger partial charge in [-0.1, -0.05) is 23.2 Å². The quantitative estimate of drug-likeness (QED) is 0.188. The minimum atomic E-state index is -0.441. The number of carbonyl (C=O) groups excluding carboxylic acids is 1. The van der Waals surface area contributed by atoms with Crippen LogP contribution in [-0.4, -0.2) is 26.0 Å². The average Bonchev–Trinajstić information content (AvgIpc) is 3.50. The number of amides is 1. The lowest BCUT2D eigenvalue weighted by atomic mass is 10.2. The van der Waals surface area contributed by atoms with Gasteiger partial charge in [0.15, 0.2) is 5.11 Å². The molecule has 0 aliphatic heterocycles. The van der Waals surface area contributed by atoms with E-state index in [1.54, 1.807) is 60.7 Å². The predicted octanol–water partition coefficient (Wildman–Crippen LogP) is 6.65. The molecule has 0 fully saturated rings. The maximum Gasteiger partial charge on any atom is 0.250 e. The smallest absolute Gasteiger partial charge is 0.250 e. The van der Waals surface area contributed by atoms with E-state index in [2.05, 4.69) is 20.8 Å². The van der Waals surface area contributed by atoms with E-state index in [0.717, 1.165) is 0 Å². The monoisotopic (exact) mass is 551 g/mol. The van der Waals surface area contributed by atoms with Crippen LogP contribution >= 0.6 is 35.4 Å². The summed E-state index contributed by atoms with van der Waals surface area (Å²) in [5.41, 5.74) is 3.17. The lowest BCUT2D eigenvalue weighted by molar-refractivity contribution is -0.115. The predicted molar refractivity (Wildman–Crippen MR) is 146 cm³/mol. The van der Waals surface area contributed by atoms with Crippen molar-refractivity contribution in [3.8, 4) is 17.0 Å². The van der Waals surface area contributed by atoms with Gasteiger partial charge in [-0.2, -0.15) is 4.80 Å². The number of halogens is 3. The van der Waals surface area contributed by atoms with Gasteiger partial charge < -0.3 is 9.73 Å². The topological polar surface area (TPSA) is 85.0 Å². The second kappa shape index (κ2) is 10.5. The van der Waals surface area contributed by atoms with Gasteiger partial charge in [0, 0.05) is 22.3 Å². The maximum atomic E-state index is 13.2. The van der Waals surface area contributed by atoms with Crippen molar-refractivity contribution < 1.29 is 13.6 Å². The van der Waals surface area contributed by atoms with Crippen molar-refractivity contribution in [2.75, 3.05) is 5.32 Å². The first-order valence-electron chi connectivity index (χ1n) is 10.8. The molecule has 5 aromatic rings. The normalized spacial score (nSPS) is 11.2. The van der Waals surface area contributed by atoms with Crippen LogP contribution in [0.2, 0.25) is 10.0 Å². The number of anilines is 1. The number of rotatable bonds is 5. The molecule has 0 spiro atoms. The first kappa shape index (κ1) is 24.6. The van der Waals surface area contributed by atoms with E-state index in [0.29, 0.717) is 49.5 Å². The number of nitrogens with one attached hydrogen (secondary N) is 2. The summed E-state index contributed by atoms with van der Waals surface area (Å²) < 4.78 is 18.9. The Morgan fingerprint density at radius 3 is 2.54 bits per heavy atom. The molecule has 0 radical (unpaired) electrons. The van der Waals surface area contributed by atoms with Crippen LogP contribution in [0.25, 0.3) is 34.1 Å². The molecule has 2 N–H and O–H groups in total. The van der Waals surface area contributed by atoms with Crippen molar-refractivity contribution in [1.29, 1.82) is 0 Å². The van der Waals surface area contributed by atoms with E-state index in [4.69, 9.17) is 39.8 Å². The van der Waals surface area contributed by atoms with Crippen molar-refractivity contribution in [2.45, 2.75) is 0 Å². The number of carbonyl (C=O) groups is 1. The van der Waals surface area contributed by atoms with E-state index in [9.17, 15) is 9.18 Å². The summed E-state index contributed by atoms with van der Waals surface area (Å²) in [5.74, 6) is 0.229. The van der Waals surface area contributed by atoms with Gasteiger partial charge in [-0.3, -0.25) is 10.1 Å². The van der Waals surface area contributed by atoms with Crippen LogP contribution in [0, 0.1) is 5.82 Å². The number of hydrogen-bond acceptors (Lipinski definition) is 5. The second-order valence-corrected chi connectivity index (χ2v) is 9.02. The molecule has 0 aliphatic carbocycles. The molecule has 0 saturated heterocycles. The molecule has 0 aliphatic rings. The molecule has 0 atom stereocenters. The third-order valence-corrected chi connectivity index (χ3v) is 5.91. The Morgan fingerprint density at radius 2 is 1.76 bits per heavy atom. The molecule has 0 bridgehead atoms. The van der Waals surface area contributed by atoms with Crippen LogP contribution in [0.5, 0.6) is 0 Å². The second-order valence-electron chi connectivity index (χ2n) is 7.77. The number of fused-ring (bicyclic) bond motifs is 1. The largest absolute Gasteiger partial charge is 0.457 e. The zero-order valence-electron chi connectivity index (χ0n) is 18.8. The molecule has 3 aromatic carbocycles. The number of benzene rings is 3. The first-order chi connectivity index (χ1) is 17.8. The lowest BCUT2D eigenvalue weighted by Crippen LogP contribution is -2.32. The molecule has 37 heavy (non-hydrogen) atoms. The summed E-state index contributed by atoms with van der Waals surface area (Å²) in [4.78, 5) is 13.7. The van der Waals surface area contributed by atoms with Crippen molar-refractivity contribution in [3.05, 3.63) is 100 Å². The zero-order valence-corrected chi connectivity index (χ0v) is 21.1. The standard InChI is InChI=1S/C26H16Cl2FN5O2S/c27-15-1-9-20(21(28)13-15)24-11-7-19(36-24)8-12-25(35)31-26(37)30-17-4-10-22-23(14-17)33-34(32-22)18-5-2-16(29)3-6-18/h1-14H,(H2,30,31,35,37)/b12-8+. The molecule has 184 valence electrons. The fourth-order valence-corrected chi connectivity index (χ4v) is 4.15. The molecule has 1 amide bonds. The number of furan rings is 1. The first-order valence-corrected chi connectivity index (χ1v) is 12.0. The number of aromatic nitrogens is 3. The van der Waals surface area contributed by atoms with Crippen LogP contribution in [0.1, 0.15) is 5.76 Å². The van der Waals surface area contributed by atoms with Crippen molar-refractivity contribution in [2.24, 2.45) is 0 Å². The molecular formula is C26H16Cl2FN5O2S. The molecular weight excluding hydrogens is 536 g/mol. The average molecular weight is 552 g/mol. The fourth-order valence-electron chi connectivity index (χ4n) is 3.43. The van der Waals surface area contributed by atoms with Crippen molar-refractivity contribution in [3.63, 3.8) is 0 Å². The van der Waals surface area contributed by atoms with Crippen molar-refractivity contribution in [1.82, 2.24) is 20.3 Å². The number of nitrogens with zero attached hydrogens (tertiary/aromatic N) is 3. The summed E-state index contributed by atoms with van der Waals surface area (Å²) in [7, 11) is 0. The minimum absolute atomic E-state index is 0.105. The van der Waals surface area contributed by atoms with Gasteiger partial charge in [0.25, 0.3) is 0 Å². The van der Waals surface area contributed by atoms with Gasteiger partial charge in [-0.25, -0.2) is 4.39 Å². The van der Waals surface area contributed by atoms with E-state index in [1.807, 2.05) is 0 Å². The summed E-state index contributed by atoms with van der Waals surface area (Å²) >= 11 is 17.4. The van der Waals surface area contributed by atoms with Gasteiger partial charge in [0.1, 0.15) is 28.4 Å². The summed E-state index contributed by atoms with van der Waals surface area (Å²) in [5, 5.41) is 15.4. The van der Waals surface area contributed by atoms with Gasteiger partial charge in [-0.15, -0.1) is 10.2 Å². The third kappa shape index (κ3) is 5.86. The Kier molecular flexibility index (Phi) is 7.00. The zero-order chi connectivity index (χ0) is 25.9. The summed E-state index contributed by atoms with van der Waals surface area (Å²) in [6, 6.07) is 19.7. The van der Waals surface area contributed by atoms with Crippen LogP contribution < -0.4 is 10.6 Å². The Morgan fingerprint density at radius 1 is 0.973 bits per heavy atom. The van der Waals surface area contributed by atoms with E-state index in [1.165, 1.54) is 29.1 Å². The molecule has 5 rings (SSSR count). The molecule has 0 unspecified atom stereocenters. The minimum Gasteiger partial charge on any atom is -0.457 e. The van der Waals surface area contributed by atoms with Crippen LogP contribution in [0.3, 0.4) is 0 Å². The van der Waals surface area contributed by atoms with E-state index >= 15 is 0 Å². The molecule has 7 nitrogen and oxygen atoms in total. The van der Waals surface area contributed by atoms with Crippen molar-refractivity contribution >= 4 is 69.2 Å². The Balaban J connectivity index is 1.20. The van der Waals surface area contributed by atoms with Gasteiger partial charge in [0.2, 0.25) is 5.91 Å². The van der Waals surface area contributed by atoms with Crippen LogP contribution in [0.4, 0.5) is 10.1 Å². The number of thiocarbonyl (C=S) groups is 1. The van der Waals surface area contributed by atoms with E-state index < -0.39 is 5.91 Å². The highest BCUT2D eigenvalue weighted by Gasteiger charge is 2.10. The Hall–Kier alpha value is -4.05. The van der Waals surface area contributed by atoms with Gasteiger partial charge in [0.05, 0.1) is 10.7 Å². The summed E-state index contributed by atoms with van der Waals surface area (Å²) in [6.07, 6.45) is 2.82. The Bertz CT molecular complexity index is 1660. The summed E-state index contributed by atoms with van der Waals surface area (Å²) in [6.45, 7) is 0. The maximum absolute atomic E-state index is 13.2. The molecule has 0 saturated carbocycles. The highest BCUT2D eigenvalue weighted by atomic mass is 35.5.